The maximum absolute atomic E-state index is 13.1. The third kappa shape index (κ3) is 4.02. The fraction of sp³-hybridized carbons (Fsp3) is 0.167. The average Bonchev–Trinajstić information content (AvgIpc) is 2.90. The van der Waals surface area contributed by atoms with E-state index in [0.29, 0.717) is 5.69 Å². The third-order valence-corrected chi connectivity index (χ3v) is 3.68. The predicted molar refractivity (Wildman–Crippen MR) is 78.9 cm³/mol. The lowest BCUT2D eigenvalue weighted by Crippen LogP contribution is -2.28. The fourth-order valence-corrected chi connectivity index (χ4v) is 2.33. The van der Waals surface area contributed by atoms with Crippen LogP contribution < -0.4 is 16.0 Å². The topological polar surface area (TPSA) is 66.0 Å². The summed E-state index contributed by atoms with van der Waals surface area (Å²) in [6, 6.07) is 1.02. The van der Waals surface area contributed by atoms with Crippen molar-refractivity contribution in [2.24, 2.45) is 0 Å². The molecular formula is C12H11ClF2N4OS. The fourth-order valence-electron chi connectivity index (χ4n) is 1.46. The normalized spacial score (nSPS) is 10.3. The smallest absolute Gasteiger partial charge is 0.319 e. The third-order valence-electron chi connectivity index (χ3n) is 2.45. The largest absolute Gasteiger partial charge is 0.365 e. The molecule has 2 aromatic rings. The lowest BCUT2D eigenvalue weighted by atomic mass is 10.3. The Hall–Kier alpha value is -1.93. The van der Waals surface area contributed by atoms with Crippen molar-refractivity contribution in [1.29, 1.82) is 0 Å². The van der Waals surface area contributed by atoms with Crippen LogP contribution in [0, 0.1) is 11.6 Å². The number of amides is 2. The molecule has 1 heterocycles. The van der Waals surface area contributed by atoms with Gasteiger partial charge in [-0.15, -0.1) is 11.3 Å². The average molecular weight is 333 g/mol. The molecule has 112 valence electrons. The SMILES string of the molecule is CNc1nc(CNC(=O)Nc2cc(F)c(F)cc2Cl)cs1. The van der Waals surface area contributed by atoms with Crippen LogP contribution in [-0.2, 0) is 6.54 Å². The van der Waals surface area contributed by atoms with Gasteiger partial charge in [0.2, 0.25) is 0 Å². The summed E-state index contributed by atoms with van der Waals surface area (Å²) in [7, 11) is 1.74. The van der Waals surface area contributed by atoms with Gasteiger partial charge in [-0.1, -0.05) is 11.6 Å². The number of nitrogens with zero attached hydrogens (tertiary/aromatic N) is 1. The van der Waals surface area contributed by atoms with Crippen molar-refractivity contribution in [3.8, 4) is 0 Å². The highest BCUT2D eigenvalue weighted by molar-refractivity contribution is 7.13. The van der Waals surface area contributed by atoms with Crippen LogP contribution in [0.1, 0.15) is 5.69 Å². The molecule has 0 fully saturated rings. The molecule has 9 heteroatoms. The maximum atomic E-state index is 13.1. The van der Waals surface area contributed by atoms with E-state index in [2.05, 4.69) is 20.9 Å². The van der Waals surface area contributed by atoms with E-state index in [1.807, 2.05) is 0 Å². The lowest BCUT2D eigenvalue weighted by Gasteiger charge is -2.08. The van der Waals surface area contributed by atoms with Gasteiger partial charge in [0, 0.05) is 18.5 Å². The van der Waals surface area contributed by atoms with E-state index in [0.717, 1.165) is 17.3 Å². The first-order valence-corrected chi connectivity index (χ1v) is 7.07. The summed E-state index contributed by atoms with van der Waals surface area (Å²) < 4.78 is 26.0. The summed E-state index contributed by atoms with van der Waals surface area (Å²) in [4.78, 5) is 15.9. The van der Waals surface area contributed by atoms with Crippen molar-refractivity contribution < 1.29 is 13.6 Å². The Labute approximate surface area is 128 Å². The molecule has 0 saturated carbocycles. The van der Waals surface area contributed by atoms with Crippen LogP contribution >= 0.6 is 22.9 Å². The van der Waals surface area contributed by atoms with Crippen molar-refractivity contribution in [2.45, 2.75) is 6.54 Å². The van der Waals surface area contributed by atoms with Gasteiger partial charge in [-0.3, -0.25) is 0 Å². The van der Waals surface area contributed by atoms with Gasteiger partial charge in [0.05, 0.1) is 22.9 Å². The van der Waals surface area contributed by atoms with Crippen LogP contribution in [0.25, 0.3) is 0 Å². The number of anilines is 2. The minimum absolute atomic E-state index is 0.0118. The van der Waals surface area contributed by atoms with Crippen molar-refractivity contribution in [1.82, 2.24) is 10.3 Å². The number of hydrogen-bond donors (Lipinski definition) is 3. The predicted octanol–water partition coefficient (Wildman–Crippen LogP) is 3.44. The zero-order valence-electron chi connectivity index (χ0n) is 10.8. The van der Waals surface area contributed by atoms with Crippen molar-refractivity contribution >= 4 is 39.8 Å². The quantitative estimate of drug-likeness (QED) is 0.751. The van der Waals surface area contributed by atoms with Gasteiger partial charge in [0.1, 0.15) is 0 Å². The van der Waals surface area contributed by atoms with E-state index >= 15 is 0 Å². The monoisotopic (exact) mass is 332 g/mol. The first-order valence-electron chi connectivity index (χ1n) is 5.81. The van der Waals surface area contributed by atoms with Gasteiger partial charge in [0.15, 0.2) is 16.8 Å². The number of hydrogen-bond acceptors (Lipinski definition) is 4. The molecule has 0 spiro atoms. The first kappa shape index (κ1) is 15.5. The van der Waals surface area contributed by atoms with Gasteiger partial charge in [-0.25, -0.2) is 18.6 Å². The first-order chi connectivity index (χ1) is 9.99. The molecule has 2 amide bonds. The minimum atomic E-state index is -1.09. The zero-order valence-corrected chi connectivity index (χ0v) is 12.4. The number of benzene rings is 1. The van der Waals surface area contributed by atoms with Crippen molar-refractivity contribution in [3.05, 3.63) is 39.9 Å². The molecule has 1 aromatic heterocycles. The number of thiazole rings is 1. The number of rotatable bonds is 4. The summed E-state index contributed by atoms with van der Waals surface area (Å²) in [6.07, 6.45) is 0. The number of nitrogens with one attached hydrogen (secondary N) is 3. The molecule has 5 nitrogen and oxygen atoms in total. The second kappa shape index (κ2) is 6.68. The van der Waals surface area contributed by atoms with Crippen molar-refractivity contribution in [3.63, 3.8) is 0 Å². The molecule has 0 unspecified atom stereocenters. The number of aromatic nitrogens is 1. The minimum Gasteiger partial charge on any atom is -0.365 e. The molecule has 0 atom stereocenters. The van der Waals surface area contributed by atoms with Gasteiger partial charge in [-0.05, 0) is 6.07 Å². The van der Waals surface area contributed by atoms with E-state index in [-0.39, 0.29) is 17.3 Å². The molecule has 0 saturated heterocycles. The van der Waals surface area contributed by atoms with Gasteiger partial charge >= 0.3 is 6.03 Å². The standard InChI is InChI=1S/C12H11ClF2N4OS/c1-16-12-18-6(5-21-12)4-17-11(20)19-10-3-9(15)8(14)2-7(10)13/h2-3,5H,4H2,1H3,(H,16,18)(H2,17,19,20). The molecule has 0 aliphatic heterocycles. The molecule has 2 rings (SSSR count). The highest BCUT2D eigenvalue weighted by atomic mass is 35.5. The number of carbonyl (C=O) groups excluding carboxylic acids is 1. The maximum Gasteiger partial charge on any atom is 0.319 e. The molecule has 0 radical (unpaired) electrons. The summed E-state index contributed by atoms with van der Waals surface area (Å²) in [6.45, 7) is 0.200. The van der Waals surface area contributed by atoms with Crippen molar-refractivity contribution in [2.75, 3.05) is 17.7 Å². The Bertz CT molecular complexity index is 665. The van der Waals surface area contributed by atoms with Crippen LogP contribution in [0.3, 0.4) is 0 Å². The Morgan fingerprint density at radius 1 is 1.38 bits per heavy atom. The number of halogens is 3. The van der Waals surface area contributed by atoms with Crippen LogP contribution in [0.5, 0.6) is 0 Å². The van der Waals surface area contributed by atoms with Crippen LogP contribution in [0.15, 0.2) is 17.5 Å². The highest BCUT2D eigenvalue weighted by Crippen LogP contribution is 2.24. The van der Waals surface area contributed by atoms with E-state index in [1.54, 1.807) is 12.4 Å². The summed E-state index contributed by atoms with van der Waals surface area (Å²) >= 11 is 7.12. The second-order valence-electron chi connectivity index (χ2n) is 3.95. The molecule has 3 N–H and O–H groups in total. The van der Waals surface area contributed by atoms with E-state index in [9.17, 15) is 13.6 Å². The molecule has 0 aliphatic carbocycles. The van der Waals surface area contributed by atoms with Crippen LogP contribution in [0.2, 0.25) is 5.02 Å². The summed E-state index contributed by atoms with van der Waals surface area (Å²) in [5, 5.41) is 10.2. The lowest BCUT2D eigenvalue weighted by molar-refractivity contribution is 0.251. The molecular weight excluding hydrogens is 322 g/mol. The van der Waals surface area contributed by atoms with Gasteiger partial charge in [0.25, 0.3) is 0 Å². The number of urea groups is 1. The van der Waals surface area contributed by atoms with Gasteiger partial charge in [-0.2, -0.15) is 0 Å². The zero-order chi connectivity index (χ0) is 15.4. The summed E-state index contributed by atoms with van der Waals surface area (Å²) in [5.74, 6) is -2.17. The summed E-state index contributed by atoms with van der Waals surface area (Å²) in [5.41, 5.74) is 0.665. The Balaban J connectivity index is 1.94. The Kier molecular flexibility index (Phi) is 4.92. The van der Waals surface area contributed by atoms with E-state index in [4.69, 9.17) is 11.6 Å². The molecule has 0 aliphatic rings. The van der Waals surface area contributed by atoms with Crippen LogP contribution in [-0.4, -0.2) is 18.1 Å². The van der Waals surface area contributed by atoms with E-state index < -0.39 is 17.7 Å². The Morgan fingerprint density at radius 2 is 2.10 bits per heavy atom. The molecule has 21 heavy (non-hydrogen) atoms. The number of carbonyl (C=O) groups is 1. The van der Waals surface area contributed by atoms with E-state index in [1.165, 1.54) is 11.3 Å². The highest BCUT2D eigenvalue weighted by Gasteiger charge is 2.11. The van der Waals surface area contributed by atoms with Gasteiger partial charge < -0.3 is 16.0 Å². The molecule has 0 bridgehead atoms. The second-order valence-corrected chi connectivity index (χ2v) is 5.21. The van der Waals surface area contributed by atoms with Crippen LogP contribution in [0.4, 0.5) is 24.4 Å². The Morgan fingerprint density at radius 3 is 2.76 bits per heavy atom. The molecule has 1 aromatic carbocycles.